The fraction of sp³-hybridized carbons (Fsp3) is 0.571. The second-order valence-electron chi connectivity index (χ2n) is 5.36. The van der Waals surface area contributed by atoms with Crippen molar-refractivity contribution in [2.45, 2.75) is 38.6 Å². The van der Waals surface area contributed by atoms with Crippen molar-refractivity contribution in [1.29, 1.82) is 0 Å². The molecule has 3 rings (SSSR count). The maximum absolute atomic E-state index is 5.44. The van der Waals surface area contributed by atoms with E-state index in [0.717, 1.165) is 18.7 Å². The predicted molar refractivity (Wildman–Crippen MR) is 73.9 cm³/mol. The molecule has 0 unspecified atom stereocenters. The molecule has 0 radical (unpaired) electrons. The summed E-state index contributed by atoms with van der Waals surface area (Å²) in [5.74, 6) is 1.21. The zero-order valence-corrected chi connectivity index (χ0v) is 11.9. The van der Waals surface area contributed by atoms with Crippen molar-refractivity contribution < 1.29 is 4.52 Å². The third-order valence-electron chi connectivity index (χ3n) is 3.77. The number of hydrogen-bond acceptors (Lipinski definition) is 6. The fourth-order valence-corrected chi connectivity index (χ4v) is 2.56. The molecule has 0 aromatic carbocycles. The van der Waals surface area contributed by atoms with Gasteiger partial charge in [0.15, 0.2) is 0 Å². The first kappa shape index (κ1) is 13.2. The van der Waals surface area contributed by atoms with Crippen molar-refractivity contribution >= 4 is 0 Å². The summed E-state index contributed by atoms with van der Waals surface area (Å²) >= 11 is 0. The van der Waals surface area contributed by atoms with E-state index in [2.05, 4.69) is 32.3 Å². The Morgan fingerprint density at radius 1 is 1.20 bits per heavy atom. The third kappa shape index (κ3) is 2.70. The van der Waals surface area contributed by atoms with Gasteiger partial charge in [-0.1, -0.05) is 18.0 Å². The van der Waals surface area contributed by atoms with Gasteiger partial charge in [-0.3, -0.25) is 4.90 Å². The Hall–Kier alpha value is -1.82. The number of rotatable bonds is 2. The summed E-state index contributed by atoms with van der Waals surface area (Å²) in [6.45, 7) is 2.98. The first-order chi connectivity index (χ1) is 9.74. The van der Waals surface area contributed by atoms with Crippen LogP contribution in [0.25, 0.3) is 11.5 Å². The van der Waals surface area contributed by atoms with Gasteiger partial charge in [-0.05, 0) is 45.5 Å². The Morgan fingerprint density at radius 3 is 2.90 bits per heavy atom. The average molecular weight is 273 g/mol. The molecule has 6 heteroatoms. The Balaban J connectivity index is 1.83. The van der Waals surface area contributed by atoms with Crippen LogP contribution in [0.15, 0.2) is 16.7 Å². The van der Waals surface area contributed by atoms with Crippen LogP contribution in [0.1, 0.15) is 43.3 Å². The summed E-state index contributed by atoms with van der Waals surface area (Å²) in [4.78, 5) is 6.80. The molecule has 0 bridgehead atoms. The Kier molecular flexibility index (Phi) is 3.73. The van der Waals surface area contributed by atoms with E-state index in [-0.39, 0.29) is 6.04 Å². The molecule has 20 heavy (non-hydrogen) atoms. The van der Waals surface area contributed by atoms with Gasteiger partial charge >= 0.3 is 0 Å². The first-order valence-corrected chi connectivity index (χ1v) is 7.08. The number of likely N-dealkylation sites (tertiary alicyclic amines) is 1. The average Bonchev–Trinajstić information content (AvgIpc) is 2.83. The number of aryl methyl sites for hydroxylation is 1. The van der Waals surface area contributed by atoms with Crippen molar-refractivity contribution in [3.8, 4) is 11.5 Å². The summed E-state index contributed by atoms with van der Waals surface area (Å²) in [6, 6.07) is 3.99. The lowest BCUT2D eigenvalue weighted by Crippen LogP contribution is -2.24. The van der Waals surface area contributed by atoms with Crippen LogP contribution in [-0.4, -0.2) is 38.8 Å². The van der Waals surface area contributed by atoms with E-state index in [9.17, 15) is 0 Å². The molecular formula is C14H19N5O. The maximum atomic E-state index is 5.44. The van der Waals surface area contributed by atoms with Crippen LogP contribution >= 0.6 is 0 Å². The highest BCUT2D eigenvalue weighted by Crippen LogP contribution is 2.28. The molecule has 2 aromatic rings. The molecule has 0 saturated carbocycles. The lowest BCUT2D eigenvalue weighted by molar-refractivity contribution is 0.198. The number of aromatic nitrogens is 4. The summed E-state index contributed by atoms with van der Waals surface area (Å²) in [5.41, 5.74) is 1.53. The highest BCUT2D eigenvalue weighted by atomic mass is 16.5. The molecule has 106 valence electrons. The summed E-state index contributed by atoms with van der Waals surface area (Å²) < 4.78 is 5.44. The lowest BCUT2D eigenvalue weighted by Gasteiger charge is -2.21. The van der Waals surface area contributed by atoms with Gasteiger partial charge in [-0.25, -0.2) is 0 Å². The molecule has 1 fully saturated rings. The fourth-order valence-electron chi connectivity index (χ4n) is 2.56. The topological polar surface area (TPSA) is 67.9 Å². The maximum Gasteiger partial charge on any atom is 0.244 e. The quantitative estimate of drug-likeness (QED) is 0.836. The largest absolute Gasteiger partial charge is 0.337 e. The van der Waals surface area contributed by atoms with Crippen molar-refractivity contribution in [1.82, 2.24) is 25.2 Å². The Labute approximate surface area is 118 Å². The van der Waals surface area contributed by atoms with Crippen LogP contribution in [0.5, 0.6) is 0 Å². The zero-order chi connectivity index (χ0) is 13.9. The summed E-state index contributed by atoms with van der Waals surface area (Å²) in [5, 5.41) is 12.2. The van der Waals surface area contributed by atoms with Crippen molar-refractivity contribution in [3.63, 3.8) is 0 Å². The first-order valence-electron chi connectivity index (χ1n) is 7.08. The second kappa shape index (κ2) is 5.66. The molecule has 2 aromatic heterocycles. The van der Waals surface area contributed by atoms with E-state index in [1.54, 1.807) is 0 Å². The van der Waals surface area contributed by atoms with Gasteiger partial charge in [0.25, 0.3) is 0 Å². The van der Waals surface area contributed by atoms with Crippen LogP contribution in [0.4, 0.5) is 0 Å². The molecule has 0 aliphatic carbocycles. The molecule has 0 N–H and O–H groups in total. The molecule has 0 spiro atoms. The molecule has 1 atom stereocenters. The molecule has 3 heterocycles. The SMILES string of the molecule is Cc1ccc(-c2noc([C@H]3CCCCCN3C)n2)nn1. The molecular weight excluding hydrogens is 254 g/mol. The van der Waals surface area contributed by atoms with Crippen LogP contribution in [0.2, 0.25) is 0 Å². The molecule has 0 amide bonds. The minimum atomic E-state index is 0.220. The smallest absolute Gasteiger partial charge is 0.244 e. The van der Waals surface area contributed by atoms with Gasteiger partial charge in [0.1, 0.15) is 5.69 Å². The third-order valence-corrected chi connectivity index (χ3v) is 3.77. The summed E-state index contributed by atoms with van der Waals surface area (Å²) in [6.07, 6.45) is 4.78. The predicted octanol–water partition coefficient (Wildman–Crippen LogP) is 2.38. The van der Waals surface area contributed by atoms with E-state index in [0.29, 0.717) is 17.4 Å². The number of nitrogens with zero attached hydrogens (tertiary/aromatic N) is 5. The van der Waals surface area contributed by atoms with Crippen molar-refractivity contribution in [3.05, 3.63) is 23.7 Å². The molecule has 6 nitrogen and oxygen atoms in total. The van der Waals surface area contributed by atoms with Crippen LogP contribution < -0.4 is 0 Å². The van der Waals surface area contributed by atoms with Crippen molar-refractivity contribution in [2.75, 3.05) is 13.6 Å². The molecule has 1 aliphatic rings. The Bertz CT molecular complexity index is 565. The van der Waals surface area contributed by atoms with Crippen LogP contribution in [0.3, 0.4) is 0 Å². The van der Waals surface area contributed by atoms with E-state index in [4.69, 9.17) is 4.52 Å². The van der Waals surface area contributed by atoms with Gasteiger partial charge in [-0.15, -0.1) is 5.10 Å². The molecule has 1 aliphatic heterocycles. The lowest BCUT2D eigenvalue weighted by atomic mass is 10.1. The van der Waals surface area contributed by atoms with Crippen LogP contribution in [0, 0.1) is 6.92 Å². The standard InChI is InChI=1S/C14H19N5O/c1-10-7-8-11(17-16-10)13-15-14(20-18-13)12-6-4-3-5-9-19(12)2/h7-8,12H,3-6,9H2,1-2H3/t12-/m1/s1. The van der Waals surface area contributed by atoms with E-state index >= 15 is 0 Å². The normalized spacial score (nSPS) is 20.8. The molecule has 1 saturated heterocycles. The highest BCUT2D eigenvalue weighted by Gasteiger charge is 2.25. The van der Waals surface area contributed by atoms with Crippen molar-refractivity contribution in [2.24, 2.45) is 0 Å². The summed E-state index contributed by atoms with van der Waals surface area (Å²) in [7, 11) is 2.12. The van der Waals surface area contributed by atoms with Gasteiger partial charge in [0, 0.05) is 0 Å². The Morgan fingerprint density at radius 2 is 2.10 bits per heavy atom. The minimum Gasteiger partial charge on any atom is -0.337 e. The van der Waals surface area contributed by atoms with E-state index < -0.39 is 0 Å². The van der Waals surface area contributed by atoms with Crippen LogP contribution in [-0.2, 0) is 0 Å². The minimum absolute atomic E-state index is 0.220. The van der Waals surface area contributed by atoms with Gasteiger partial charge in [0.2, 0.25) is 11.7 Å². The van der Waals surface area contributed by atoms with Gasteiger partial charge < -0.3 is 4.52 Å². The van der Waals surface area contributed by atoms with Gasteiger partial charge in [-0.2, -0.15) is 10.1 Å². The van der Waals surface area contributed by atoms with E-state index in [1.807, 2.05) is 19.1 Å². The van der Waals surface area contributed by atoms with E-state index in [1.165, 1.54) is 19.3 Å². The monoisotopic (exact) mass is 273 g/mol. The zero-order valence-electron chi connectivity index (χ0n) is 11.9. The second-order valence-corrected chi connectivity index (χ2v) is 5.36. The van der Waals surface area contributed by atoms with Gasteiger partial charge in [0.05, 0.1) is 11.7 Å². The highest BCUT2D eigenvalue weighted by molar-refractivity contribution is 5.46. The number of hydrogen-bond donors (Lipinski definition) is 0.